The molecule has 0 spiro atoms. The van der Waals surface area contributed by atoms with Crippen molar-refractivity contribution in [2.24, 2.45) is 11.5 Å². The second-order valence-corrected chi connectivity index (χ2v) is 4.60. The molecule has 0 unspecified atom stereocenters. The second kappa shape index (κ2) is 5.86. The van der Waals surface area contributed by atoms with E-state index in [0.29, 0.717) is 0 Å². The van der Waals surface area contributed by atoms with Crippen molar-refractivity contribution in [2.45, 2.75) is 11.6 Å². The van der Waals surface area contributed by atoms with Gasteiger partial charge in [0, 0.05) is 0 Å². The fourth-order valence-corrected chi connectivity index (χ4v) is 2.27. The molecule has 4 heteroatoms. The highest BCUT2D eigenvalue weighted by molar-refractivity contribution is 5.79. The van der Waals surface area contributed by atoms with Crippen LogP contribution in [-0.2, 0) is 15.1 Å². The zero-order valence-corrected chi connectivity index (χ0v) is 11.3. The van der Waals surface area contributed by atoms with Crippen molar-refractivity contribution >= 4 is 5.97 Å². The van der Waals surface area contributed by atoms with Gasteiger partial charge in [0.25, 0.3) is 0 Å². The summed E-state index contributed by atoms with van der Waals surface area (Å²) < 4.78 is 4.76. The van der Waals surface area contributed by atoms with Crippen LogP contribution >= 0.6 is 0 Å². The number of esters is 1. The van der Waals surface area contributed by atoms with Crippen molar-refractivity contribution in [3.8, 4) is 0 Å². The fourth-order valence-electron chi connectivity index (χ4n) is 2.27. The van der Waals surface area contributed by atoms with E-state index in [-0.39, 0.29) is 0 Å². The van der Waals surface area contributed by atoms with Crippen LogP contribution in [-0.4, -0.2) is 19.1 Å². The van der Waals surface area contributed by atoms with Crippen LogP contribution < -0.4 is 11.5 Å². The van der Waals surface area contributed by atoms with E-state index in [1.165, 1.54) is 7.11 Å². The molecule has 2 rings (SSSR count). The predicted molar refractivity (Wildman–Crippen MR) is 77.8 cm³/mol. The molecule has 104 valence electrons. The molecule has 4 nitrogen and oxygen atoms in total. The maximum absolute atomic E-state index is 11.9. The summed E-state index contributed by atoms with van der Waals surface area (Å²) in [4.78, 5) is 11.9. The minimum absolute atomic E-state index is 0.541. The Labute approximate surface area is 118 Å². The molecule has 20 heavy (non-hydrogen) atoms. The Morgan fingerprint density at radius 1 is 1.00 bits per heavy atom. The Balaban J connectivity index is 2.58. The van der Waals surface area contributed by atoms with E-state index in [0.717, 1.165) is 11.1 Å². The minimum atomic E-state index is -1.13. The van der Waals surface area contributed by atoms with E-state index < -0.39 is 17.6 Å². The average molecular weight is 270 g/mol. The highest BCUT2D eigenvalue weighted by Crippen LogP contribution is 2.30. The van der Waals surface area contributed by atoms with E-state index in [1.807, 2.05) is 60.7 Å². The third-order valence-electron chi connectivity index (χ3n) is 3.45. The number of nitrogens with two attached hydrogens (primary N) is 2. The lowest BCUT2D eigenvalue weighted by Gasteiger charge is -2.34. The lowest BCUT2D eigenvalue weighted by Crippen LogP contribution is -2.57. The van der Waals surface area contributed by atoms with Gasteiger partial charge in [-0.25, -0.2) is 0 Å². The van der Waals surface area contributed by atoms with Crippen LogP contribution in [0.1, 0.15) is 11.1 Å². The monoisotopic (exact) mass is 270 g/mol. The Morgan fingerprint density at radius 3 is 1.75 bits per heavy atom. The highest BCUT2D eigenvalue weighted by atomic mass is 16.5. The van der Waals surface area contributed by atoms with Gasteiger partial charge in [0.2, 0.25) is 0 Å². The molecule has 0 aromatic heterocycles. The summed E-state index contributed by atoms with van der Waals surface area (Å²) in [7, 11) is 1.30. The number of hydrogen-bond acceptors (Lipinski definition) is 4. The maximum Gasteiger partial charge on any atom is 0.325 e. The lowest BCUT2D eigenvalue weighted by atomic mass is 9.78. The third-order valence-corrected chi connectivity index (χ3v) is 3.45. The summed E-state index contributed by atoms with van der Waals surface area (Å²) in [6.45, 7) is 0. The molecular weight excluding hydrogens is 252 g/mol. The van der Waals surface area contributed by atoms with Gasteiger partial charge >= 0.3 is 5.97 Å². The molecule has 0 saturated carbocycles. The number of carbonyl (C=O) groups is 1. The van der Waals surface area contributed by atoms with Gasteiger partial charge in [-0.15, -0.1) is 0 Å². The number of benzene rings is 2. The summed E-state index contributed by atoms with van der Waals surface area (Å²) in [5.41, 5.74) is 13.0. The van der Waals surface area contributed by atoms with Crippen molar-refractivity contribution in [1.82, 2.24) is 0 Å². The molecule has 0 bridgehead atoms. The zero-order chi connectivity index (χ0) is 14.6. The topological polar surface area (TPSA) is 78.3 Å². The van der Waals surface area contributed by atoms with Crippen molar-refractivity contribution < 1.29 is 9.53 Å². The SMILES string of the molecule is COC(=O)[C@@H](N)C(N)(c1ccccc1)c1ccccc1. The van der Waals surface area contributed by atoms with Crippen LogP contribution in [0.4, 0.5) is 0 Å². The summed E-state index contributed by atoms with van der Waals surface area (Å²) in [6.07, 6.45) is 0. The van der Waals surface area contributed by atoms with E-state index in [1.54, 1.807) is 0 Å². The molecule has 0 amide bonds. The number of rotatable bonds is 4. The molecule has 0 fully saturated rings. The smallest absolute Gasteiger partial charge is 0.325 e. The van der Waals surface area contributed by atoms with E-state index in [9.17, 15) is 4.79 Å². The summed E-state index contributed by atoms with van der Waals surface area (Å²) in [5.74, 6) is -0.541. The number of ether oxygens (including phenoxy) is 1. The molecule has 0 aliphatic carbocycles. The Bertz CT molecular complexity index is 530. The first-order valence-corrected chi connectivity index (χ1v) is 6.34. The molecule has 0 aliphatic heterocycles. The first-order valence-electron chi connectivity index (χ1n) is 6.34. The molecule has 0 heterocycles. The molecule has 2 aromatic rings. The number of methoxy groups -OCH3 is 1. The quantitative estimate of drug-likeness (QED) is 0.823. The zero-order valence-electron chi connectivity index (χ0n) is 11.3. The normalized spacial score (nSPS) is 12.8. The van der Waals surface area contributed by atoms with Crippen LogP contribution in [0.2, 0.25) is 0 Å². The first kappa shape index (κ1) is 14.2. The second-order valence-electron chi connectivity index (χ2n) is 4.60. The molecule has 2 aromatic carbocycles. The van der Waals surface area contributed by atoms with Gasteiger partial charge in [0.1, 0.15) is 6.04 Å². The number of carbonyl (C=O) groups excluding carboxylic acids is 1. The van der Waals surface area contributed by atoms with Crippen LogP contribution in [0.15, 0.2) is 60.7 Å². The van der Waals surface area contributed by atoms with Crippen molar-refractivity contribution in [3.05, 3.63) is 71.8 Å². The van der Waals surface area contributed by atoms with Crippen LogP contribution in [0.25, 0.3) is 0 Å². The summed E-state index contributed by atoms with van der Waals surface area (Å²) in [5, 5.41) is 0. The van der Waals surface area contributed by atoms with Crippen molar-refractivity contribution in [1.29, 1.82) is 0 Å². The molecule has 1 atom stereocenters. The van der Waals surface area contributed by atoms with Gasteiger partial charge in [0.15, 0.2) is 0 Å². The van der Waals surface area contributed by atoms with Gasteiger partial charge in [-0.3, -0.25) is 4.79 Å². The van der Waals surface area contributed by atoms with Crippen molar-refractivity contribution in [3.63, 3.8) is 0 Å². The Morgan fingerprint density at radius 2 is 1.40 bits per heavy atom. The summed E-state index contributed by atoms with van der Waals surface area (Å²) >= 11 is 0. The standard InChI is InChI=1S/C16H18N2O2/c1-20-15(19)14(17)16(18,12-8-4-2-5-9-12)13-10-6-3-7-11-13/h2-11,14H,17-18H2,1H3/t14-/m1/s1. The molecule has 0 radical (unpaired) electrons. The van der Waals surface area contributed by atoms with Crippen LogP contribution in [0, 0.1) is 0 Å². The minimum Gasteiger partial charge on any atom is -0.468 e. The Hall–Kier alpha value is -2.17. The third kappa shape index (κ3) is 2.43. The van der Waals surface area contributed by atoms with Gasteiger partial charge in [-0.2, -0.15) is 0 Å². The largest absolute Gasteiger partial charge is 0.468 e. The number of hydrogen-bond donors (Lipinski definition) is 2. The van der Waals surface area contributed by atoms with Gasteiger partial charge in [-0.1, -0.05) is 60.7 Å². The van der Waals surface area contributed by atoms with Gasteiger partial charge in [-0.05, 0) is 11.1 Å². The van der Waals surface area contributed by atoms with E-state index in [2.05, 4.69) is 0 Å². The summed E-state index contributed by atoms with van der Waals surface area (Å²) in [6, 6.07) is 17.7. The molecule has 4 N–H and O–H groups in total. The van der Waals surface area contributed by atoms with Gasteiger partial charge in [0.05, 0.1) is 12.6 Å². The van der Waals surface area contributed by atoms with Gasteiger partial charge < -0.3 is 16.2 Å². The van der Waals surface area contributed by atoms with Crippen LogP contribution in [0.5, 0.6) is 0 Å². The highest BCUT2D eigenvalue weighted by Gasteiger charge is 2.41. The van der Waals surface area contributed by atoms with E-state index in [4.69, 9.17) is 16.2 Å². The predicted octanol–water partition coefficient (Wildman–Crippen LogP) is 1.39. The first-order chi connectivity index (χ1) is 9.60. The van der Waals surface area contributed by atoms with E-state index >= 15 is 0 Å². The average Bonchev–Trinajstić information content (AvgIpc) is 2.54. The van der Waals surface area contributed by atoms with Crippen LogP contribution in [0.3, 0.4) is 0 Å². The molecule has 0 saturated heterocycles. The maximum atomic E-state index is 11.9. The lowest BCUT2D eigenvalue weighted by molar-refractivity contribution is -0.143. The molecular formula is C16H18N2O2. The van der Waals surface area contributed by atoms with Crippen molar-refractivity contribution in [2.75, 3.05) is 7.11 Å². The Kier molecular flexibility index (Phi) is 4.17. The molecule has 0 aliphatic rings. The fraction of sp³-hybridized carbons (Fsp3) is 0.188.